The van der Waals surface area contributed by atoms with Gasteiger partial charge in [0.1, 0.15) is 17.2 Å². The highest BCUT2D eigenvalue weighted by molar-refractivity contribution is 6.30. The van der Waals surface area contributed by atoms with Gasteiger partial charge in [-0.2, -0.15) is 0 Å². The van der Waals surface area contributed by atoms with Crippen LogP contribution in [-0.2, 0) is 0 Å². The van der Waals surface area contributed by atoms with Crippen molar-refractivity contribution in [2.75, 3.05) is 22.1 Å². The SMILES string of the molecule is C=CCN(C(=O)Nc1ccc(NC(=O)NC(=O)c2c(F)cccc2F)cc1)c1ccc(Cl)cc1. The molecular weight excluding hydrogens is 466 g/mol. The number of carbonyl (C=O) groups excluding carboxylic acids is 3. The van der Waals surface area contributed by atoms with Crippen LogP contribution in [0.15, 0.2) is 79.4 Å². The number of carbonyl (C=O) groups is 3. The summed E-state index contributed by atoms with van der Waals surface area (Å²) in [6.07, 6.45) is 1.58. The Morgan fingerprint density at radius 2 is 1.44 bits per heavy atom. The van der Waals surface area contributed by atoms with Crippen molar-refractivity contribution in [2.24, 2.45) is 0 Å². The third kappa shape index (κ3) is 6.17. The highest BCUT2D eigenvalue weighted by Crippen LogP contribution is 2.20. The Hall–Kier alpha value is -4.24. The van der Waals surface area contributed by atoms with Crippen LogP contribution >= 0.6 is 11.6 Å². The Kier molecular flexibility index (Phi) is 7.94. The number of anilines is 3. The number of hydrogen-bond donors (Lipinski definition) is 3. The number of hydrogen-bond acceptors (Lipinski definition) is 3. The molecule has 0 radical (unpaired) electrons. The van der Waals surface area contributed by atoms with Crippen LogP contribution in [0.1, 0.15) is 10.4 Å². The Bertz CT molecular complexity index is 1200. The highest BCUT2D eigenvalue weighted by Gasteiger charge is 2.19. The fourth-order valence-corrected chi connectivity index (χ4v) is 3.05. The van der Waals surface area contributed by atoms with Crippen molar-refractivity contribution >= 4 is 46.6 Å². The first-order valence-electron chi connectivity index (χ1n) is 9.90. The first-order valence-corrected chi connectivity index (χ1v) is 10.3. The summed E-state index contributed by atoms with van der Waals surface area (Å²) in [4.78, 5) is 38.2. The van der Waals surface area contributed by atoms with Crippen LogP contribution in [0.25, 0.3) is 0 Å². The van der Waals surface area contributed by atoms with E-state index in [1.165, 1.54) is 29.2 Å². The summed E-state index contributed by atoms with van der Waals surface area (Å²) in [6.45, 7) is 3.92. The second-order valence-corrected chi connectivity index (χ2v) is 7.32. The molecule has 0 aliphatic rings. The van der Waals surface area contributed by atoms with Crippen LogP contribution in [0, 0.1) is 11.6 Å². The number of nitrogens with zero attached hydrogens (tertiary/aromatic N) is 1. The van der Waals surface area contributed by atoms with Gasteiger partial charge in [0, 0.05) is 28.6 Å². The summed E-state index contributed by atoms with van der Waals surface area (Å²) in [7, 11) is 0. The zero-order valence-corrected chi connectivity index (χ0v) is 18.4. The van der Waals surface area contributed by atoms with Gasteiger partial charge in [-0.05, 0) is 60.7 Å². The molecule has 10 heteroatoms. The van der Waals surface area contributed by atoms with Gasteiger partial charge in [-0.1, -0.05) is 23.7 Å². The van der Waals surface area contributed by atoms with E-state index in [4.69, 9.17) is 11.6 Å². The molecule has 0 saturated carbocycles. The zero-order valence-electron chi connectivity index (χ0n) is 17.6. The first-order chi connectivity index (χ1) is 16.3. The van der Waals surface area contributed by atoms with Gasteiger partial charge < -0.3 is 10.6 Å². The molecule has 0 aliphatic heterocycles. The van der Waals surface area contributed by atoms with Crippen LogP contribution in [0.2, 0.25) is 5.02 Å². The number of rotatable bonds is 6. The predicted octanol–water partition coefficient (Wildman–Crippen LogP) is 5.80. The Balaban J connectivity index is 1.61. The fraction of sp³-hybridized carbons (Fsp3) is 0.0417. The van der Waals surface area contributed by atoms with Crippen molar-refractivity contribution in [1.29, 1.82) is 0 Å². The van der Waals surface area contributed by atoms with Gasteiger partial charge >= 0.3 is 12.1 Å². The van der Waals surface area contributed by atoms with Crippen molar-refractivity contribution in [1.82, 2.24) is 5.32 Å². The van der Waals surface area contributed by atoms with E-state index in [1.807, 2.05) is 5.32 Å². The van der Waals surface area contributed by atoms with E-state index in [2.05, 4.69) is 17.2 Å². The van der Waals surface area contributed by atoms with E-state index in [9.17, 15) is 23.2 Å². The molecule has 0 bridgehead atoms. The van der Waals surface area contributed by atoms with E-state index < -0.39 is 35.2 Å². The average Bonchev–Trinajstić information content (AvgIpc) is 2.79. The van der Waals surface area contributed by atoms with E-state index in [1.54, 1.807) is 30.3 Å². The molecule has 0 aliphatic carbocycles. The minimum atomic E-state index is -1.22. The van der Waals surface area contributed by atoms with Crippen LogP contribution < -0.4 is 20.9 Å². The Morgan fingerprint density at radius 1 is 0.882 bits per heavy atom. The highest BCUT2D eigenvalue weighted by atomic mass is 35.5. The summed E-state index contributed by atoms with van der Waals surface area (Å²) in [5, 5.41) is 7.50. The summed E-state index contributed by atoms with van der Waals surface area (Å²) in [5.74, 6) is -3.40. The molecule has 0 saturated heterocycles. The lowest BCUT2D eigenvalue weighted by Crippen LogP contribution is -2.35. The third-order valence-electron chi connectivity index (χ3n) is 4.51. The van der Waals surface area contributed by atoms with Gasteiger partial charge in [0.2, 0.25) is 0 Å². The summed E-state index contributed by atoms with van der Waals surface area (Å²) in [6, 6.07) is 14.3. The van der Waals surface area contributed by atoms with E-state index in [0.29, 0.717) is 16.4 Å². The van der Waals surface area contributed by atoms with Crippen molar-refractivity contribution in [3.63, 3.8) is 0 Å². The first kappa shape index (κ1) is 24.4. The molecule has 0 spiro atoms. The molecule has 7 nitrogen and oxygen atoms in total. The van der Waals surface area contributed by atoms with E-state index in [-0.39, 0.29) is 12.2 Å². The molecule has 5 amide bonds. The zero-order chi connectivity index (χ0) is 24.7. The molecule has 3 aromatic carbocycles. The molecule has 0 fully saturated rings. The number of imide groups is 1. The maximum atomic E-state index is 13.7. The normalized spacial score (nSPS) is 10.2. The maximum absolute atomic E-state index is 13.7. The van der Waals surface area contributed by atoms with Gasteiger partial charge in [0.15, 0.2) is 0 Å². The molecule has 3 aromatic rings. The maximum Gasteiger partial charge on any atom is 0.326 e. The van der Waals surface area contributed by atoms with Gasteiger partial charge in [-0.3, -0.25) is 15.0 Å². The van der Waals surface area contributed by atoms with Crippen LogP contribution in [-0.4, -0.2) is 24.5 Å². The molecule has 0 unspecified atom stereocenters. The topological polar surface area (TPSA) is 90.5 Å². The number of halogens is 3. The number of urea groups is 2. The smallest absolute Gasteiger partial charge is 0.308 e. The van der Waals surface area contributed by atoms with Crippen LogP contribution in [0.5, 0.6) is 0 Å². The monoisotopic (exact) mass is 484 g/mol. The third-order valence-corrected chi connectivity index (χ3v) is 4.76. The van der Waals surface area contributed by atoms with E-state index >= 15 is 0 Å². The number of amides is 5. The Morgan fingerprint density at radius 3 is 2.00 bits per heavy atom. The second kappa shape index (κ2) is 11.1. The number of benzene rings is 3. The molecule has 34 heavy (non-hydrogen) atoms. The minimum Gasteiger partial charge on any atom is -0.308 e. The summed E-state index contributed by atoms with van der Waals surface area (Å²) in [5.41, 5.74) is 0.467. The quantitative estimate of drug-likeness (QED) is 0.386. The van der Waals surface area contributed by atoms with Gasteiger partial charge in [0.25, 0.3) is 5.91 Å². The van der Waals surface area contributed by atoms with Gasteiger partial charge in [-0.25, -0.2) is 18.4 Å². The molecule has 0 heterocycles. The number of nitrogens with one attached hydrogen (secondary N) is 3. The lowest BCUT2D eigenvalue weighted by molar-refractivity contribution is 0.0959. The fourth-order valence-electron chi connectivity index (χ4n) is 2.93. The molecule has 174 valence electrons. The van der Waals surface area contributed by atoms with Crippen LogP contribution in [0.3, 0.4) is 0 Å². The predicted molar refractivity (Wildman–Crippen MR) is 127 cm³/mol. The summed E-state index contributed by atoms with van der Waals surface area (Å²) >= 11 is 5.90. The Labute approximate surface area is 199 Å². The molecule has 0 atom stereocenters. The second-order valence-electron chi connectivity index (χ2n) is 6.89. The van der Waals surface area contributed by atoms with Gasteiger partial charge in [0.05, 0.1) is 0 Å². The minimum absolute atomic E-state index is 0.254. The lowest BCUT2D eigenvalue weighted by atomic mass is 10.2. The van der Waals surface area contributed by atoms with Crippen molar-refractivity contribution < 1.29 is 23.2 Å². The van der Waals surface area contributed by atoms with Crippen molar-refractivity contribution in [3.05, 3.63) is 102 Å². The van der Waals surface area contributed by atoms with Crippen molar-refractivity contribution in [3.8, 4) is 0 Å². The molecule has 3 N–H and O–H groups in total. The average molecular weight is 485 g/mol. The lowest BCUT2D eigenvalue weighted by Gasteiger charge is -2.22. The van der Waals surface area contributed by atoms with Gasteiger partial charge in [-0.15, -0.1) is 6.58 Å². The molecule has 0 aromatic heterocycles. The standard InChI is InChI=1S/C24H19ClF2N4O3/c1-2-14-31(18-12-6-15(25)7-13-18)24(34)29-17-10-8-16(9-11-17)28-23(33)30-22(32)21-19(26)4-3-5-20(21)27/h2-13H,1,14H2,(H,29,34)(H2,28,30,32,33). The van der Waals surface area contributed by atoms with Crippen molar-refractivity contribution in [2.45, 2.75) is 0 Å². The molecule has 3 rings (SSSR count). The molecular formula is C24H19ClF2N4O3. The summed E-state index contributed by atoms with van der Waals surface area (Å²) < 4.78 is 27.4. The largest absolute Gasteiger partial charge is 0.326 e. The van der Waals surface area contributed by atoms with E-state index in [0.717, 1.165) is 18.2 Å². The van der Waals surface area contributed by atoms with Crippen LogP contribution in [0.4, 0.5) is 35.4 Å².